The van der Waals surface area contributed by atoms with Gasteiger partial charge < -0.3 is 5.32 Å². The first-order valence-corrected chi connectivity index (χ1v) is 7.85. The summed E-state index contributed by atoms with van der Waals surface area (Å²) >= 11 is 0. The lowest BCUT2D eigenvalue weighted by Crippen LogP contribution is -2.52. The van der Waals surface area contributed by atoms with Crippen molar-refractivity contribution < 1.29 is 0 Å². The van der Waals surface area contributed by atoms with Crippen molar-refractivity contribution in [3.05, 3.63) is 0 Å². The zero-order valence-electron chi connectivity index (χ0n) is 13.0. The average molecular weight is 252 g/mol. The Morgan fingerprint density at radius 1 is 1.06 bits per heavy atom. The van der Waals surface area contributed by atoms with Crippen molar-refractivity contribution in [2.45, 2.75) is 77.4 Å². The van der Waals surface area contributed by atoms with E-state index in [0.29, 0.717) is 11.5 Å². The van der Waals surface area contributed by atoms with Crippen LogP contribution < -0.4 is 5.32 Å². The number of hydrogen-bond acceptors (Lipinski definition) is 2. The molecule has 0 spiro atoms. The molecule has 18 heavy (non-hydrogen) atoms. The first kappa shape index (κ1) is 14.3. The summed E-state index contributed by atoms with van der Waals surface area (Å²) in [6.45, 7) is 7.25. The Hall–Kier alpha value is -0.0800. The van der Waals surface area contributed by atoms with Gasteiger partial charge in [0.25, 0.3) is 0 Å². The summed E-state index contributed by atoms with van der Waals surface area (Å²) in [6, 6.07) is 2.22. The van der Waals surface area contributed by atoms with Gasteiger partial charge in [-0.05, 0) is 64.0 Å². The van der Waals surface area contributed by atoms with Crippen LogP contribution in [0.3, 0.4) is 0 Å². The molecular weight excluding hydrogens is 220 g/mol. The van der Waals surface area contributed by atoms with Crippen LogP contribution in [0.1, 0.15) is 59.3 Å². The summed E-state index contributed by atoms with van der Waals surface area (Å²) in [5.74, 6) is 0.953. The number of nitrogens with zero attached hydrogens (tertiary/aromatic N) is 1. The van der Waals surface area contributed by atoms with E-state index in [4.69, 9.17) is 0 Å². The van der Waals surface area contributed by atoms with Gasteiger partial charge in [0, 0.05) is 18.1 Å². The van der Waals surface area contributed by atoms with E-state index in [1.807, 2.05) is 0 Å². The van der Waals surface area contributed by atoms with Gasteiger partial charge in [-0.25, -0.2) is 0 Å². The van der Waals surface area contributed by atoms with Gasteiger partial charge >= 0.3 is 0 Å². The fraction of sp³-hybridized carbons (Fsp3) is 1.00. The third-order valence-corrected chi connectivity index (χ3v) is 5.71. The Bertz CT molecular complexity index is 266. The lowest BCUT2D eigenvalue weighted by atomic mass is 9.84. The van der Waals surface area contributed by atoms with E-state index in [0.717, 1.165) is 18.0 Å². The van der Waals surface area contributed by atoms with Gasteiger partial charge in [0.15, 0.2) is 0 Å². The number of likely N-dealkylation sites (N-methyl/N-ethyl adjacent to an activating group) is 2. The van der Waals surface area contributed by atoms with Gasteiger partial charge in [-0.3, -0.25) is 4.90 Å². The van der Waals surface area contributed by atoms with Crippen molar-refractivity contribution in [3.8, 4) is 0 Å². The monoisotopic (exact) mass is 252 g/mol. The normalized spacial score (nSPS) is 40.3. The molecule has 106 valence electrons. The van der Waals surface area contributed by atoms with E-state index >= 15 is 0 Å². The quantitative estimate of drug-likeness (QED) is 0.829. The zero-order valence-corrected chi connectivity index (χ0v) is 13.0. The largest absolute Gasteiger partial charge is 0.315 e. The van der Waals surface area contributed by atoms with Crippen LogP contribution in [0.25, 0.3) is 0 Å². The van der Waals surface area contributed by atoms with Crippen molar-refractivity contribution in [1.82, 2.24) is 10.2 Å². The van der Waals surface area contributed by atoms with Crippen LogP contribution in [0.2, 0.25) is 0 Å². The highest BCUT2D eigenvalue weighted by molar-refractivity contribution is 5.01. The highest BCUT2D eigenvalue weighted by atomic mass is 15.2. The van der Waals surface area contributed by atoms with Crippen LogP contribution in [0.5, 0.6) is 0 Å². The van der Waals surface area contributed by atoms with Crippen molar-refractivity contribution in [3.63, 3.8) is 0 Å². The fourth-order valence-corrected chi connectivity index (χ4v) is 4.31. The molecule has 0 aromatic carbocycles. The molecule has 2 nitrogen and oxygen atoms in total. The van der Waals surface area contributed by atoms with Crippen LogP contribution in [-0.2, 0) is 0 Å². The van der Waals surface area contributed by atoms with Crippen LogP contribution in [-0.4, -0.2) is 37.1 Å². The third kappa shape index (κ3) is 2.75. The molecule has 2 rings (SSSR count). The first-order valence-electron chi connectivity index (χ1n) is 7.85. The van der Waals surface area contributed by atoms with Gasteiger partial charge in [-0.2, -0.15) is 0 Å². The molecule has 0 saturated heterocycles. The highest BCUT2D eigenvalue weighted by Gasteiger charge is 2.44. The molecule has 2 aliphatic carbocycles. The van der Waals surface area contributed by atoms with E-state index in [2.05, 4.69) is 45.1 Å². The average Bonchev–Trinajstić information content (AvgIpc) is 2.64. The second kappa shape index (κ2) is 5.50. The van der Waals surface area contributed by atoms with Crippen LogP contribution in [0, 0.1) is 11.3 Å². The predicted octanol–water partition coefficient (Wildman–Crippen LogP) is 3.27. The van der Waals surface area contributed by atoms with E-state index in [1.54, 1.807) is 0 Å². The first-order chi connectivity index (χ1) is 8.45. The summed E-state index contributed by atoms with van der Waals surface area (Å²) in [4.78, 5) is 2.71. The molecule has 2 aliphatic rings. The molecule has 2 heteroatoms. The van der Waals surface area contributed by atoms with E-state index < -0.39 is 0 Å². The number of nitrogens with one attached hydrogen (secondary N) is 1. The number of rotatable bonds is 3. The van der Waals surface area contributed by atoms with E-state index in [9.17, 15) is 0 Å². The molecule has 0 bridgehead atoms. The fourth-order valence-electron chi connectivity index (χ4n) is 4.31. The molecule has 2 fully saturated rings. The van der Waals surface area contributed by atoms with E-state index in [1.165, 1.54) is 38.5 Å². The van der Waals surface area contributed by atoms with Crippen molar-refractivity contribution in [1.29, 1.82) is 0 Å². The van der Waals surface area contributed by atoms with Crippen LogP contribution in [0.4, 0.5) is 0 Å². The lowest BCUT2D eigenvalue weighted by Gasteiger charge is -2.41. The lowest BCUT2D eigenvalue weighted by molar-refractivity contribution is 0.0981. The van der Waals surface area contributed by atoms with Gasteiger partial charge in [0.2, 0.25) is 0 Å². The van der Waals surface area contributed by atoms with Gasteiger partial charge in [0.05, 0.1) is 0 Å². The Balaban J connectivity index is 1.98. The van der Waals surface area contributed by atoms with Crippen molar-refractivity contribution in [2.75, 3.05) is 14.1 Å². The predicted molar refractivity (Wildman–Crippen MR) is 78.8 cm³/mol. The topological polar surface area (TPSA) is 15.3 Å². The van der Waals surface area contributed by atoms with Gasteiger partial charge in [0.1, 0.15) is 0 Å². The Morgan fingerprint density at radius 2 is 1.67 bits per heavy atom. The van der Waals surface area contributed by atoms with Crippen molar-refractivity contribution >= 4 is 0 Å². The smallest absolute Gasteiger partial charge is 0.0271 e. The van der Waals surface area contributed by atoms with Gasteiger partial charge in [-0.1, -0.05) is 20.8 Å². The molecule has 0 aliphatic heterocycles. The maximum atomic E-state index is 3.59. The molecule has 1 N–H and O–H groups in total. The SMILES string of the molecule is CNC1C(N(C)C2CCC(C)CC2)CCC1(C)C. The zero-order chi connectivity index (χ0) is 13.3. The molecule has 0 amide bonds. The summed E-state index contributed by atoms with van der Waals surface area (Å²) in [5.41, 5.74) is 0.454. The van der Waals surface area contributed by atoms with Crippen molar-refractivity contribution in [2.24, 2.45) is 11.3 Å². The maximum absolute atomic E-state index is 3.59. The molecule has 2 saturated carbocycles. The molecule has 2 unspecified atom stereocenters. The van der Waals surface area contributed by atoms with E-state index in [-0.39, 0.29) is 0 Å². The maximum Gasteiger partial charge on any atom is 0.0271 e. The summed E-state index contributed by atoms with van der Waals surface area (Å²) in [5, 5.41) is 3.59. The molecular formula is C16H32N2. The Kier molecular flexibility index (Phi) is 4.38. The third-order valence-electron chi connectivity index (χ3n) is 5.71. The molecule has 0 heterocycles. The summed E-state index contributed by atoms with van der Waals surface area (Å²) in [7, 11) is 4.51. The highest BCUT2D eigenvalue weighted by Crippen LogP contribution is 2.41. The standard InChI is InChI=1S/C16H32N2/c1-12-6-8-13(9-7-12)18(5)14-10-11-16(2,3)15(14)17-4/h12-15,17H,6-11H2,1-5H3. The molecule has 0 radical (unpaired) electrons. The Morgan fingerprint density at radius 3 is 2.22 bits per heavy atom. The minimum atomic E-state index is 0.454. The second-order valence-electron chi connectivity index (χ2n) is 7.44. The Labute approximate surface area is 114 Å². The summed E-state index contributed by atoms with van der Waals surface area (Å²) < 4.78 is 0. The van der Waals surface area contributed by atoms with Gasteiger partial charge in [-0.15, -0.1) is 0 Å². The minimum absolute atomic E-state index is 0.454. The van der Waals surface area contributed by atoms with Crippen LogP contribution >= 0.6 is 0 Å². The molecule has 2 atom stereocenters. The minimum Gasteiger partial charge on any atom is -0.315 e. The van der Waals surface area contributed by atoms with Crippen LogP contribution in [0.15, 0.2) is 0 Å². The molecule has 0 aromatic heterocycles. The summed E-state index contributed by atoms with van der Waals surface area (Å²) in [6.07, 6.45) is 8.39. The second-order valence-corrected chi connectivity index (χ2v) is 7.44. The molecule has 0 aromatic rings. The number of hydrogen-bond donors (Lipinski definition) is 1.